The first-order valence-corrected chi connectivity index (χ1v) is 20.0. The van der Waals surface area contributed by atoms with Crippen LogP contribution in [0.4, 0.5) is 0 Å². The molecule has 0 unspecified atom stereocenters. The van der Waals surface area contributed by atoms with Crippen LogP contribution < -0.4 is 0 Å². The van der Waals surface area contributed by atoms with Gasteiger partial charge < -0.3 is 13.3 Å². The summed E-state index contributed by atoms with van der Waals surface area (Å²) in [6.45, 7) is 0. The van der Waals surface area contributed by atoms with Crippen LogP contribution in [0, 0.1) is 0 Å². The molecular weight excluding hydrogens is 727 g/mol. The van der Waals surface area contributed by atoms with Gasteiger partial charge >= 0.3 is 0 Å². The van der Waals surface area contributed by atoms with Crippen LogP contribution in [0.5, 0.6) is 0 Å². The summed E-state index contributed by atoms with van der Waals surface area (Å²) in [4.78, 5) is 15.8. The smallest absolute Gasteiger partial charge is 0.164 e. The number of aryl methyl sites for hydroxylation is 1. The molecule has 8 aromatic carbocycles. The lowest BCUT2D eigenvalue weighted by atomic mass is 9.94. The topological polar surface area (TPSA) is 78.1 Å². The number of aromatic nitrogens is 3. The van der Waals surface area contributed by atoms with Crippen molar-refractivity contribution in [3.05, 3.63) is 175 Å². The van der Waals surface area contributed by atoms with Crippen molar-refractivity contribution in [2.45, 2.75) is 12.8 Å². The van der Waals surface area contributed by atoms with Gasteiger partial charge in [0, 0.05) is 60.3 Å². The quantitative estimate of drug-likeness (QED) is 0.166. The number of hydrogen-bond donors (Lipinski definition) is 0. The second-order valence-electron chi connectivity index (χ2n) is 15.4. The Kier molecular flexibility index (Phi) is 6.75. The highest BCUT2D eigenvalue weighted by Gasteiger charge is 2.25. The number of fused-ring (bicyclic) bond motifs is 12. The lowest BCUT2D eigenvalue weighted by Crippen LogP contribution is -2.06. The molecule has 0 amide bonds. The zero-order valence-corrected chi connectivity index (χ0v) is 31.6. The van der Waals surface area contributed by atoms with Gasteiger partial charge in [0.15, 0.2) is 17.5 Å². The number of rotatable bonds is 4. The number of furan rings is 3. The Balaban J connectivity index is 1.05. The number of nitrogens with zero attached hydrogens (tertiary/aromatic N) is 3. The van der Waals surface area contributed by atoms with Gasteiger partial charge in [-0.15, -0.1) is 0 Å². The molecule has 6 heteroatoms. The highest BCUT2D eigenvalue weighted by atomic mass is 16.3. The summed E-state index contributed by atoms with van der Waals surface area (Å²) in [5.74, 6) is 2.67. The van der Waals surface area contributed by atoms with E-state index < -0.39 is 0 Å². The molecule has 0 bridgehead atoms. The van der Waals surface area contributed by atoms with Crippen LogP contribution in [0.1, 0.15) is 23.6 Å². The molecule has 0 fully saturated rings. The van der Waals surface area contributed by atoms with Gasteiger partial charge in [0.1, 0.15) is 33.7 Å². The van der Waals surface area contributed by atoms with Crippen LogP contribution >= 0.6 is 0 Å². The molecule has 1 aliphatic rings. The largest absolute Gasteiger partial charge is 0.456 e. The molecule has 4 heterocycles. The lowest BCUT2D eigenvalue weighted by Gasteiger charge is -2.15. The Hall–Kier alpha value is -7.83. The van der Waals surface area contributed by atoms with Crippen molar-refractivity contribution >= 4 is 88.0 Å². The van der Waals surface area contributed by atoms with Gasteiger partial charge in [-0.05, 0) is 76.9 Å². The first-order chi connectivity index (χ1) is 29.2. The van der Waals surface area contributed by atoms with Crippen molar-refractivity contribution in [2.24, 2.45) is 0 Å². The molecule has 13 rings (SSSR count). The molecule has 0 atom stereocenters. The predicted octanol–water partition coefficient (Wildman–Crippen LogP) is 14.2. The van der Waals surface area contributed by atoms with E-state index >= 15 is 0 Å². The molecule has 1 aliphatic carbocycles. The van der Waals surface area contributed by atoms with Gasteiger partial charge in [-0.25, -0.2) is 15.0 Å². The van der Waals surface area contributed by atoms with E-state index in [1.54, 1.807) is 0 Å². The Morgan fingerprint density at radius 2 is 1.02 bits per heavy atom. The average molecular weight is 758 g/mol. The number of benzene rings is 8. The molecule has 6 nitrogen and oxygen atoms in total. The normalized spacial score (nSPS) is 13.1. The minimum atomic E-state index is 0.574. The number of hydrogen-bond acceptors (Lipinski definition) is 6. The van der Waals surface area contributed by atoms with Crippen molar-refractivity contribution in [3.8, 4) is 33.9 Å². The molecule has 0 N–H and O–H groups in total. The Labute approximate surface area is 336 Å². The highest BCUT2D eigenvalue weighted by molar-refractivity contribution is 6.18. The second kappa shape index (κ2) is 12.3. The molecule has 0 aliphatic heterocycles. The molecule has 4 aromatic heterocycles. The lowest BCUT2D eigenvalue weighted by molar-refractivity contribution is 0.596. The molecule has 12 aromatic rings. The summed E-state index contributed by atoms with van der Waals surface area (Å²) < 4.78 is 19.7. The van der Waals surface area contributed by atoms with Gasteiger partial charge in [-0.2, -0.15) is 0 Å². The summed E-state index contributed by atoms with van der Waals surface area (Å²) >= 11 is 0. The van der Waals surface area contributed by atoms with Crippen LogP contribution in [0.25, 0.3) is 122 Å². The van der Waals surface area contributed by atoms with Crippen molar-refractivity contribution in [3.63, 3.8) is 0 Å². The minimum absolute atomic E-state index is 0.574. The monoisotopic (exact) mass is 757 g/mol. The third-order valence-corrected chi connectivity index (χ3v) is 12.1. The Morgan fingerprint density at radius 1 is 0.390 bits per heavy atom. The molecule has 59 heavy (non-hydrogen) atoms. The molecule has 276 valence electrons. The van der Waals surface area contributed by atoms with Crippen molar-refractivity contribution < 1.29 is 13.3 Å². The summed E-state index contributed by atoms with van der Waals surface area (Å²) in [6, 6.07) is 54.5. The predicted molar refractivity (Wildman–Crippen MR) is 238 cm³/mol. The fourth-order valence-electron chi connectivity index (χ4n) is 9.27. The van der Waals surface area contributed by atoms with E-state index in [1.165, 1.54) is 21.7 Å². The van der Waals surface area contributed by atoms with Crippen molar-refractivity contribution in [2.75, 3.05) is 0 Å². The third-order valence-electron chi connectivity index (χ3n) is 12.1. The van der Waals surface area contributed by atoms with Crippen LogP contribution in [-0.4, -0.2) is 15.0 Å². The Morgan fingerprint density at radius 3 is 1.90 bits per heavy atom. The number of para-hydroxylation sites is 4. The summed E-state index contributed by atoms with van der Waals surface area (Å²) in [5.41, 5.74) is 10.0. The van der Waals surface area contributed by atoms with E-state index in [2.05, 4.69) is 121 Å². The fraction of sp³-hybridized carbons (Fsp3) is 0.0377. The molecule has 0 radical (unpaired) electrons. The van der Waals surface area contributed by atoms with E-state index in [9.17, 15) is 0 Å². The maximum Gasteiger partial charge on any atom is 0.164 e. The zero-order valence-electron chi connectivity index (χ0n) is 31.6. The van der Waals surface area contributed by atoms with E-state index in [0.717, 1.165) is 107 Å². The summed E-state index contributed by atoms with van der Waals surface area (Å²) in [6.07, 6.45) is 3.72. The van der Waals surface area contributed by atoms with Gasteiger partial charge in [0.25, 0.3) is 0 Å². The SMILES string of the molecule is C1=C(c2nc(-c3ccc4c(ccc5ccccc54)c3)nc(-c3ccc(-c4cccc5c4oc4ccccc45)c4oc5ccccc5c34)n2)CCc2c1oc1ccccc21. The average Bonchev–Trinajstić information content (AvgIpc) is 4.00. The van der Waals surface area contributed by atoms with E-state index in [1.807, 2.05) is 42.5 Å². The van der Waals surface area contributed by atoms with Gasteiger partial charge in [-0.1, -0.05) is 121 Å². The third kappa shape index (κ3) is 4.90. The fourth-order valence-corrected chi connectivity index (χ4v) is 9.27. The van der Waals surface area contributed by atoms with Crippen molar-refractivity contribution in [1.82, 2.24) is 15.0 Å². The van der Waals surface area contributed by atoms with Gasteiger partial charge in [-0.3, -0.25) is 0 Å². The van der Waals surface area contributed by atoms with E-state index in [-0.39, 0.29) is 0 Å². The summed E-state index contributed by atoms with van der Waals surface area (Å²) in [7, 11) is 0. The first kappa shape index (κ1) is 32.3. The maximum atomic E-state index is 6.80. The Bertz CT molecular complexity index is 3750. The van der Waals surface area contributed by atoms with E-state index in [4.69, 9.17) is 28.2 Å². The standard InChI is InChI=1S/C53H31N3O3/c1-2-11-34-30(10-1)20-21-31-28-32(22-24-35(31)34)51-54-52(33-23-25-38-36-12-3-6-17-44(36)57-47(38)29-33)56-53(55-51)43-27-26-41(50-48(43)42-14-5-8-19-46(42)59-50)40-16-9-15-39-37-13-4-7-18-45(37)58-49(39)40/h1-22,24,26-29H,23,25H2. The first-order valence-electron chi connectivity index (χ1n) is 20.0. The summed E-state index contributed by atoms with van der Waals surface area (Å²) in [5, 5.41) is 9.98. The molecule has 0 spiro atoms. The minimum Gasteiger partial charge on any atom is -0.456 e. The zero-order chi connectivity index (χ0) is 38.6. The molecule has 0 saturated heterocycles. The second-order valence-corrected chi connectivity index (χ2v) is 15.4. The van der Waals surface area contributed by atoms with Crippen LogP contribution in [0.3, 0.4) is 0 Å². The molecule has 0 saturated carbocycles. The van der Waals surface area contributed by atoms with Crippen molar-refractivity contribution in [1.29, 1.82) is 0 Å². The van der Waals surface area contributed by atoms with Crippen LogP contribution in [0.15, 0.2) is 171 Å². The highest BCUT2D eigenvalue weighted by Crippen LogP contribution is 2.45. The van der Waals surface area contributed by atoms with Crippen LogP contribution in [0.2, 0.25) is 0 Å². The van der Waals surface area contributed by atoms with Gasteiger partial charge in [0.05, 0.1) is 0 Å². The van der Waals surface area contributed by atoms with Crippen LogP contribution in [-0.2, 0) is 6.42 Å². The molecular formula is C53H31N3O3. The van der Waals surface area contributed by atoms with E-state index in [0.29, 0.717) is 17.5 Å². The number of allylic oxidation sites excluding steroid dienone is 1. The van der Waals surface area contributed by atoms with Gasteiger partial charge in [0.2, 0.25) is 0 Å². The maximum absolute atomic E-state index is 6.80.